The van der Waals surface area contributed by atoms with Crippen molar-refractivity contribution in [3.63, 3.8) is 0 Å². The van der Waals surface area contributed by atoms with E-state index >= 15 is 0 Å². The van der Waals surface area contributed by atoms with Gasteiger partial charge in [-0.1, -0.05) is 13.0 Å². The first-order valence-corrected chi connectivity index (χ1v) is 6.57. The molecule has 1 atom stereocenters. The Morgan fingerprint density at radius 1 is 1.22 bits per heavy atom. The van der Waals surface area contributed by atoms with Crippen LogP contribution in [0.15, 0.2) is 18.2 Å². The number of aliphatic hydroxyl groups is 1. The highest BCUT2D eigenvalue weighted by atomic mass is 16.5. The summed E-state index contributed by atoms with van der Waals surface area (Å²) in [6.07, 6.45) is 1.06. The summed E-state index contributed by atoms with van der Waals surface area (Å²) in [6, 6.07) is 6.08. The lowest BCUT2D eigenvalue weighted by molar-refractivity contribution is 0.0124. The van der Waals surface area contributed by atoms with Crippen molar-refractivity contribution < 1.29 is 9.84 Å². The summed E-state index contributed by atoms with van der Waals surface area (Å²) in [5.74, 6) is 0.822. The molecule has 0 spiro atoms. The van der Waals surface area contributed by atoms with Crippen molar-refractivity contribution in [2.45, 2.75) is 39.7 Å². The van der Waals surface area contributed by atoms with Gasteiger partial charge in [0.2, 0.25) is 0 Å². The van der Waals surface area contributed by atoms with Gasteiger partial charge < -0.3 is 15.2 Å². The minimum atomic E-state index is -0.840. The van der Waals surface area contributed by atoms with Crippen molar-refractivity contribution in [2.75, 3.05) is 19.7 Å². The second-order valence-corrected chi connectivity index (χ2v) is 5.29. The molecule has 1 aromatic carbocycles. The van der Waals surface area contributed by atoms with Crippen LogP contribution in [0.4, 0.5) is 0 Å². The third-order valence-corrected chi connectivity index (χ3v) is 2.68. The Hall–Kier alpha value is -1.06. The van der Waals surface area contributed by atoms with Crippen molar-refractivity contribution in [1.82, 2.24) is 5.32 Å². The highest BCUT2D eigenvalue weighted by Gasteiger charge is 2.20. The summed E-state index contributed by atoms with van der Waals surface area (Å²) in [7, 11) is 0. The fourth-order valence-corrected chi connectivity index (χ4v) is 1.84. The minimum Gasteiger partial charge on any atom is -0.491 e. The monoisotopic (exact) mass is 251 g/mol. The summed E-state index contributed by atoms with van der Waals surface area (Å²) in [4.78, 5) is 0. The molecule has 3 heteroatoms. The van der Waals surface area contributed by atoms with Crippen LogP contribution in [0.5, 0.6) is 5.75 Å². The Kier molecular flexibility index (Phi) is 5.63. The second-order valence-electron chi connectivity index (χ2n) is 5.29. The maximum atomic E-state index is 10.2. The van der Waals surface area contributed by atoms with Gasteiger partial charge >= 0.3 is 0 Å². The topological polar surface area (TPSA) is 41.5 Å². The summed E-state index contributed by atoms with van der Waals surface area (Å²) in [5, 5.41) is 13.4. The van der Waals surface area contributed by atoms with Crippen molar-refractivity contribution in [1.29, 1.82) is 0 Å². The largest absolute Gasteiger partial charge is 0.491 e. The van der Waals surface area contributed by atoms with Crippen LogP contribution in [0.1, 0.15) is 31.4 Å². The average Bonchev–Trinajstić information content (AvgIpc) is 2.25. The number of nitrogens with one attached hydrogen (secondary N) is 1. The molecule has 3 nitrogen and oxygen atoms in total. The first kappa shape index (κ1) is 15.0. The molecule has 2 N–H and O–H groups in total. The zero-order chi connectivity index (χ0) is 13.6. The molecule has 0 aliphatic heterocycles. The zero-order valence-electron chi connectivity index (χ0n) is 11.9. The lowest BCUT2D eigenvalue weighted by atomic mass is 10.1. The Morgan fingerprint density at radius 3 is 2.39 bits per heavy atom. The molecule has 0 aliphatic carbocycles. The highest BCUT2D eigenvalue weighted by molar-refractivity contribution is 5.33. The van der Waals surface area contributed by atoms with Crippen LogP contribution >= 0.6 is 0 Å². The van der Waals surface area contributed by atoms with Gasteiger partial charge in [-0.25, -0.2) is 0 Å². The van der Waals surface area contributed by atoms with Crippen LogP contribution in [-0.2, 0) is 0 Å². The fraction of sp³-hybridized carbons (Fsp3) is 0.600. The number of benzene rings is 1. The number of hydrogen-bond acceptors (Lipinski definition) is 3. The molecule has 18 heavy (non-hydrogen) atoms. The second kappa shape index (κ2) is 6.76. The Balaban J connectivity index is 2.47. The number of rotatable bonds is 7. The third kappa shape index (κ3) is 5.52. The molecule has 1 aromatic rings. The molecule has 0 saturated carbocycles. The van der Waals surface area contributed by atoms with Crippen LogP contribution in [0.25, 0.3) is 0 Å². The van der Waals surface area contributed by atoms with E-state index in [4.69, 9.17) is 4.74 Å². The van der Waals surface area contributed by atoms with Crippen molar-refractivity contribution in [2.24, 2.45) is 0 Å². The molecule has 1 rings (SSSR count). The van der Waals surface area contributed by atoms with E-state index in [0.29, 0.717) is 13.2 Å². The normalized spacial score (nSPS) is 14.3. The lowest BCUT2D eigenvalue weighted by Crippen LogP contribution is -2.43. The van der Waals surface area contributed by atoms with Gasteiger partial charge in [0.05, 0.1) is 0 Å². The fourth-order valence-electron chi connectivity index (χ4n) is 1.84. The van der Waals surface area contributed by atoms with Gasteiger partial charge in [0.15, 0.2) is 0 Å². The average molecular weight is 251 g/mol. The van der Waals surface area contributed by atoms with Gasteiger partial charge in [-0.15, -0.1) is 0 Å². The number of aryl methyl sites for hydroxylation is 2. The van der Waals surface area contributed by atoms with Gasteiger partial charge in [-0.2, -0.15) is 0 Å². The smallest absolute Gasteiger partial charge is 0.119 e. The Labute approximate surface area is 110 Å². The molecule has 1 unspecified atom stereocenters. The molecule has 0 fully saturated rings. The van der Waals surface area contributed by atoms with Gasteiger partial charge in [0.25, 0.3) is 0 Å². The molecular weight excluding hydrogens is 226 g/mol. The standard InChI is InChI=1S/C15H25NO2/c1-5-6-16-10-15(4,17)11-18-14-8-12(2)7-13(3)9-14/h7-9,16-17H,5-6,10-11H2,1-4H3. The van der Waals surface area contributed by atoms with Crippen molar-refractivity contribution >= 4 is 0 Å². The third-order valence-electron chi connectivity index (χ3n) is 2.68. The highest BCUT2D eigenvalue weighted by Crippen LogP contribution is 2.17. The SMILES string of the molecule is CCCNCC(C)(O)COc1cc(C)cc(C)c1. The van der Waals surface area contributed by atoms with Crippen LogP contribution in [0.3, 0.4) is 0 Å². The van der Waals surface area contributed by atoms with Crippen LogP contribution in [-0.4, -0.2) is 30.4 Å². The van der Waals surface area contributed by atoms with Gasteiger partial charge in [0, 0.05) is 6.54 Å². The van der Waals surface area contributed by atoms with E-state index in [0.717, 1.165) is 18.7 Å². The molecule has 0 aliphatic rings. The molecule has 0 saturated heterocycles. The van der Waals surface area contributed by atoms with Gasteiger partial charge in [-0.05, 0) is 57.0 Å². The maximum Gasteiger partial charge on any atom is 0.119 e. The first-order chi connectivity index (χ1) is 8.43. The van der Waals surface area contributed by atoms with Crippen LogP contribution < -0.4 is 10.1 Å². The number of ether oxygens (including phenoxy) is 1. The summed E-state index contributed by atoms with van der Waals surface area (Å²) < 4.78 is 5.67. The Bertz CT molecular complexity index is 355. The summed E-state index contributed by atoms with van der Waals surface area (Å²) in [5.41, 5.74) is 1.51. The van der Waals surface area contributed by atoms with Gasteiger partial charge in [-0.3, -0.25) is 0 Å². The van der Waals surface area contributed by atoms with Gasteiger partial charge in [0.1, 0.15) is 18.0 Å². The van der Waals surface area contributed by atoms with E-state index in [-0.39, 0.29) is 0 Å². The van der Waals surface area contributed by atoms with E-state index in [1.54, 1.807) is 6.92 Å². The van der Waals surface area contributed by atoms with Crippen molar-refractivity contribution in [3.05, 3.63) is 29.3 Å². The molecule has 0 radical (unpaired) electrons. The first-order valence-electron chi connectivity index (χ1n) is 6.57. The molecule has 0 heterocycles. The Morgan fingerprint density at radius 2 is 1.83 bits per heavy atom. The molecule has 102 valence electrons. The quantitative estimate of drug-likeness (QED) is 0.731. The zero-order valence-corrected chi connectivity index (χ0v) is 11.9. The molecule has 0 amide bonds. The summed E-state index contributed by atoms with van der Waals surface area (Å²) >= 11 is 0. The number of hydrogen-bond donors (Lipinski definition) is 2. The predicted molar refractivity (Wildman–Crippen MR) is 75.2 cm³/mol. The molecular formula is C15H25NO2. The molecule has 0 aromatic heterocycles. The molecule has 0 bridgehead atoms. The van der Waals surface area contributed by atoms with E-state index in [1.807, 2.05) is 26.0 Å². The van der Waals surface area contributed by atoms with Crippen LogP contribution in [0.2, 0.25) is 0 Å². The predicted octanol–water partition coefficient (Wildman–Crippen LogP) is 2.43. The van der Waals surface area contributed by atoms with E-state index in [2.05, 4.69) is 18.3 Å². The van der Waals surface area contributed by atoms with Crippen LogP contribution in [0, 0.1) is 13.8 Å². The van der Waals surface area contributed by atoms with E-state index < -0.39 is 5.60 Å². The maximum absolute atomic E-state index is 10.2. The van der Waals surface area contributed by atoms with E-state index in [9.17, 15) is 5.11 Å². The summed E-state index contributed by atoms with van der Waals surface area (Å²) in [6.45, 7) is 9.74. The lowest BCUT2D eigenvalue weighted by Gasteiger charge is -2.24. The van der Waals surface area contributed by atoms with Crippen molar-refractivity contribution in [3.8, 4) is 5.75 Å². The van der Waals surface area contributed by atoms with E-state index in [1.165, 1.54) is 11.1 Å². The minimum absolute atomic E-state index is 0.298.